The van der Waals surface area contributed by atoms with Crippen molar-refractivity contribution in [1.29, 1.82) is 0 Å². The third kappa shape index (κ3) is 3.97. The number of imidazole rings is 1. The summed E-state index contributed by atoms with van der Waals surface area (Å²) >= 11 is 0. The summed E-state index contributed by atoms with van der Waals surface area (Å²) in [7, 11) is 0. The van der Waals surface area contributed by atoms with E-state index >= 15 is 0 Å². The lowest BCUT2D eigenvalue weighted by molar-refractivity contribution is -0.114. The number of nitrogens with one attached hydrogen (secondary N) is 1. The second-order valence-electron chi connectivity index (χ2n) is 6.00. The first-order valence-electron chi connectivity index (χ1n) is 8.55. The van der Waals surface area contributed by atoms with Crippen LogP contribution in [-0.2, 0) is 11.3 Å². The number of hydrogen-bond acceptors (Lipinski definition) is 8. The summed E-state index contributed by atoms with van der Waals surface area (Å²) in [4.78, 5) is 19.9. The van der Waals surface area contributed by atoms with Gasteiger partial charge in [0, 0.05) is 25.2 Å². The first-order chi connectivity index (χ1) is 13.5. The van der Waals surface area contributed by atoms with E-state index in [9.17, 15) is 4.79 Å². The molecule has 0 fully saturated rings. The maximum atomic E-state index is 11.1. The maximum absolute atomic E-state index is 11.1. The quantitative estimate of drug-likeness (QED) is 0.507. The van der Waals surface area contributed by atoms with Crippen molar-refractivity contribution >= 4 is 40.9 Å². The van der Waals surface area contributed by atoms with Gasteiger partial charge in [0.15, 0.2) is 17.3 Å². The van der Waals surface area contributed by atoms with Gasteiger partial charge in [-0.2, -0.15) is 0 Å². The number of ether oxygens (including phenoxy) is 1. The minimum absolute atomic E-state index is 0. The number of benzene rings is 1. The Labute approximate surface area is 171 Å². The van der Waals surface area contributed by atoms with Crippen LogP contribution in [0.25, 0.3) is 22.6 Å². The summed E-state index contributed by atoms with van der Waals surface area (Å²) in [5, 5.41) is 10.1. The summed E-state index contributed by atoms with van der Waals surface area (Å²) in [6, 6.07) is 8.80. The van der Waals surface area contributed by atoms with Gasteiger partial charge < -0.3 is 20.4 Å². The lowest BCUT2D eigenvalue weighted by atomic mass is 10.3. The number of amides is 1. The van der Waals surface area contributed by atoms with Gasteiger partial charge in [-0.1, -0.05) is 0 Å². The van der Waals surface area contributed by atoms with Crippen LogP contribution in [0, 0.1) is 0 Å². The van der Waals surface area contributed by atoms with Crippen LogP contribution in [0.3, 0.4) is 0 Å². The summed E-state index contributed by atoms with van der Waals surface area (Å²) < 4.78 is 12.5. The zero-order chi connectivity index (χ0) is 19.7. The molecule has 150 valence electrons. The van der Waals surface area contributed by atoms with Crippen LogP contribution >= 0.6 is 12.4 Å². The van der Waals surface area contributed by atoms with Gasteiger partial charge in [0.05, 0.1) is 11.7 Å². The summed E-state index contributed by atoms with van der Waals surface area (Å²) in [5.74, 6) is 1.59. The minimum atomic E-state index is -0.132. The van der Waals surface area contributed by atoms with Crippen molar-refractivity contribution < 1.29 is 14.2 Å². The predicted molar refractivity (Wildman–Crippen MR) is 109 cm³/mol. The number of nitrogens with two attached hydrogens (primary N) is 1. The molecule has 3 aromatic heterocycles. The highest BCUT2D eigenvalue weighted by Gasteiger charge is 2.19. The second kappa shape index (κ2) is 8.15. The number of fused-ring (bicyclic) bond motifs is 1. The topological polar surface area (TPSA) is 134 Å². The lowest BCUT2D eigenvalue weighted by Crippen LogP contribution is -2.05. The Morgan fingerprint density at radius 1 is 1.28 bits per heavy atom. The third-order valence-electron chi connectivity index (χ3n) is 4.05. The van der Waals surface area contributed by atoms with Gasteiger partial charge in [0.25, 0.3) is 0 Å². The van der Waals surface area contributed by atoms with Gasteiger partial charge in [-0.25, -0.2) is 14.6 Å². The van der Waals surface area contributed by atoms with E-state index in [1.807, 2.05) is 11.5 Å². The normalized spacial score (nSPS) is 10.6. The zero-order valence-electron chi connectivity index (χ0n) is 15.6. The number of halogens is 1. The Balaban J connectivity index is 0.00000240. The SMILES string of the molecule is CCn1c(-c2nonc2N)nc2cnc(Oc3ccc(NC(C)=O)cc3)cc21.Cl. The number of anilines is 2. The van der Waals surface area contributed by atoms with Crippen molar-refractivity contribution in [3.63, 3.8) is 0 Å². The van der Waals surface area contributed by atoms with Crippen molar-refractivity contribution in [1.82, 2.24) is 24.8 Å². The number of hydrogen-bond donors (Lipinski definition) is 2. The molecule has 0 radical (unpaired) electrons. The fourth-order valence-corrected chi connectivity index (χ4v) is 2.85. The van der Waals surface area contributed by atoms with Crippen LogP contribution < -0.4 is 15.8 Å². The molecular weight excluding hydrogens is 398 g/mol. The molecule has 0 aliphatic rings. The van der Waals surface area contributed by atoms with Crippen LogP contribution in [0.4, 0.5) is 11.5 Å². The third-order valence-corrected chi connectivity index (χ3v) is 4.05. The van der Waals surface area contributed by atoms with Crippen LogP contribution in [0.2, 0.25) is 0 Å². The molecule has 1 aromatic carbocycles. The van der Waals surface area contributed by atoms with Gasteiger partial charge in [-0.05, 0) is 41.5 Å². The number of pyridine rings is 1. The Kier molecular flexibility index (Phi) is 5.64. The average molecular weight is 416 g/mol. The molecule has 0 atom stereocenters. The Bertz CT molecular complexity index is 1150. The number of carbonyl (C=O) groups excluding carboxylic acids is 1. The monoisotopic (exact) mass is 415 g/mol. The largest absolute Gasteiger partial charge is 0.439 e. The second-order valence-corrected chi connectivity index (χ2v) is 6.00. The van der Waals surface area contributed by atoms with E-state index in [2.05, 4.69) is 30.2 Å². The average Bonchev–Trinajstić information content (AvgIpc) is 3.25. The van der Waals surface area contributed by atoms with E-state index in [-0.39, 0.29) is 24.1 Å². The molecule has 0 saturated carbocycles. The van der Waals surface area contributed by atoms with Crippen molar-refractivity contribution in [2.24, 2.45) is 0 Å². The summed E-state index contributed by atoms with van der Waals surface area (Å²) in [5.41, 5.74) is 8.37. The molecule has 4 rings (SSSR count). The van der Waals surface area contributed by atoms with E-state index in [1.165, 1.54) is 6.92 Å². The number of rotatable bonds is 5. The van der Waals surface area contributed by atoms with Gasteiger partial charge in [0.1, 0.15) is 11.3 Å². The fraction of sp³-hybridized carbons (Fsp3) is 0.167. The molecule has 0 spiro atoms. The zero-order valence-corrected chi connectivity index (χ0v) is 16.4. The number of carbonyl (C=O) groups is 1. The number of nitrogens with zero attached hydrogens (tertiary/aromatic N) is 5. The summed E-state index contributed by atoms with van der Waals surface area (Å²) in [6.07, 6.45) is 1.62. The summed E-state index contributed by atoms with van der Waals surface area (Å²) in [6.45, 7) is 4.07. The minimum Gasteiger partial charge on any atom is -0.439 e. The molecule has 29 heavy (non-hydrogen) atoms. The Morgan fingerprint density at radius 3 is 2.66 bits per heavy atom. The molecule has 0 aliphatic heterocycles. The fourth-order valence-electron chi connectivity index (χ4n) is 2.85. The number of nitrogen functional groups attached to an aromatic ring is 1. The molecule has 0 aliphatic carbocycles. The molecule has 1 amide bonds. The van der Waals surface area contributed by atoms with Gasteiger partial charge in [-0.15, -0.1) is 12.4 Å². The standard InChI is InChI=1S/C18H17N7O3.ClH/c1-3-25-14-8-15(27-12-6-4-11(5-7-12)21-10(2)26)20-9-13(14)22-18(25)16-17(19)24-28-23-16;/h4-9H,3H2,1-2H3,(H2,19,24)(H,21,26);1H. The lowest BCUT2D eigenvalue weighted by Gasteiger charge is -2.07. The molecular formula is C18H18ClN7O3. The number of aromatic nitrogens is 5. The van der Waals surface area contributed by atoms with Gasteiger partial charge in [-0.3, -0.25) is 4.79 Å². The highest BCUT2D eigenvalue weighted by molar-refractivity contribution is 5.88. The van der Waals surface area contributed by atoms with Crippen LogP contribution in [0.1, 0.15) is 13.8 Å². The molecule has 10 nitrogen and oxygen atoms in total. The highest BCUT2D eigenvalue weighted by atomic mass is 35.5. The highest BCUT2D eigenvalue weighted by Crippen LogP contribution is 2.29. The Hall–Kier alpha value is -3.66. The molecule has 3 N–H and O–H groups in total. The molecule has 0 bridgehead atoms. The van der Waals surface area contributed by atoms with E-state index < -0.39 is 0 Å². The van der Waals surface area contributed by atoms with Crippen LogP contribution in [0.5, 0.6) is 11.6 Å². The number of aryl methyl sites for hydroxylation is 1. The smallest absolute Gasteiger partial charge is 0.221 e. The van der Waals surface area contributed by atoms with E-state index in [0.717, 1.165) is 5.52 Å². The first kappa shape index (κ1) is 20.1. The van der Waals surface area contributed by atoms with Gasteiger partial charge in [0.2, 0.25) is 11.8 Å². The van der Waals surface area contributed by atoms with Crippen molar-refractivity contribution in [3.8, 4) is 23.1 Å². The molecule has 0 unspecified atom stereocenters. The van der Waals surface area contributed by atoms with E-state index in [1.54, 1.807) is 36.5 Å². The van der Waals surface area contributed by atoms with Gasteiger partial charge >= 0.3 is 0 Å². The first-order valence-corrected chi connectivity index (χ1v) is 8.55. The van der Waals surface area contributed by atoms with Crippen molar-refractivity contribution in [2.75, 3.05) is 11.1 Å². The maximum Gasteiger partial charge on any atom is 0.221 e. The van der Waals surface area contributed by atoms with Crippen molar-refractivity contribution in [3.05, 3.63) is 36.5 Å². The van der Waals surface area contributed by atoms with E-state index in [4.69, 9.17) is 10.5 Å². The molecule has 11 heteroatoms. The molecule has 0 saturated heterocycles. The predicted octanol–water partition coefficient (Wildman–Crippen LogP) is 3.26. The van der Waals surface area contributed by atoms with Crippen LogP contribution in [0.15, 0.2) is 41.2 Å². The Morgan fingerprint density at radius 2 is 2.03 bits per heavy atom. The molecule has 4 aromatic rings. The van der Waals surface area contributed by atoms with Crippen LogP contribution in [-0.4, -0.2) is 30.8 Å². The van der Waals surface area contributed by atoms with E-state index in [0.29, 0.717) is 40.9 Å². The molecule has 3 heterocycles. The van der Waals surface area contributed by atoms with Crippen molar-refractivity contribution in [2.45, 2.75) is 20.4 Å².